The average Bonchev–Trinajstić information content (AvgIpc) is 2.74. The highest BCUT2D eigenvalue weighted by atomic mass is 16.1. The van der Waals surface area contributed by atoms with Crippen molar-refractivity contribution in [3.05, 3.63) is 60.2 Å². The first kappa shape index (κ1) is 23.4. The normalized spacial score (nSPS) is 10.9. The van der Waals surface area contributed by atoms with Crippen molar-refractivity contribution in [2.75, 3.05) is 0 Å². The van der Waals surface area contributed by atoms with Crippen LogP contribution in [-0.4, -0.2) is 5.78 Å². The Morgan fingerprint density at radius 2 is 1.07 bits per heavy atom. The minimum Gasteiger partial charge on any atom is -0.300 e. The van der Waals surface area contributed by atoms with E-state index in [0.29, 0.717) is 5.78 Å². The molecule has 0 radical (unpaired) electrons. The van der Waals surface area contributed by atoms with Gasteiger partial charge in [0.25, 0.3) is 0 Å². The molecular weight excluding hydrogens is 352 g/mol. The zero-order valence-electron chi connectivity index (χ0n) is 18.5. The zero-order chi connectivity index (χ0) is 20.6. The van der Waals surface area contributed by atoms with E-state index in [1.165, 1.54) is 93.7 Å². The minimum atomic E-state index is 0.338. The van der Waals surface area contributed by atoms with Crippen molar-refractivity contribution in [3.63, 3.8) is 0 Å². The molecule has 0 aliphatic heterocycles. The summed E-state index contributed by atoms with van der Waals surface area (Å²) < 4.78 is 0. The predicted octanol–water partition coefficient (Wildman–Crippen LogP) is 8.56. The van der Waals surface area contributed by atoms with Gasteiger partial charge in [0.1, 0.15) is 5.78 Å². The van der Waals surface area contributed by atoms with Crippen LogP contribution < -0.4 is 0 Å². The Hall–Kier alpha value is -1.89. The lowest BCUT2D eigenvalue weighted by Crippen LogP contribution is -1.91. The zero-order valence-corrected chi connectivity index (χ0v) is 18.5. The predicted molar refractivity (Wildman–Crippen MR) is 126 cm³/mol. The molecule has 0 fully saturated rings. The van der Waals surface area contributed by atoms with Crippen LogP contribution in [0.1, 0.15) is 96.0 Å². The van der Waals surface area contributed by atoms with Crippen LogP contribution in [0.2, 0.25) is 0 Å². The summed E-state index contributed by atoms with van der Waals surface area (Å²) in [7, 11) is 0. The highest BCUT2D eigenvalue weighted by molar-refractivity contribution is 5.75. The number of ketones is 1. The number of Topliss-reactive ketones (excluding diaryl/α,β-unsaturated/α-hetero) is 1. The van der Waals surface area contributed by atoms with E-state index in [4.69, 9.17) is 0 Å². The number of hydrogen-bond donors (Lipinski definition) is 0. The summed E-state index contributed by atoms with van der Waals surface area (Å²) in [4.78, 5) is 10.9. The molecule has 2 aromatic carbocycles. The number of rotatable bonds is 16. The van der Waals surface area contributed by atoms with Crippen LogP contribution in [0.3, 0.4) is 0 Å². The molecule has 0 bridgehead atoms. The molecule has 0 heterocycles. The third kappa shape index (κ3) is 10.5. The summed E-state index contributed by atoms with van der Waals surface area (Å²) in [6, 6.07) is 19.6. The van der Waals surface area contributed by atoms with Crippen molar-refractivity contribution < 1.29 is 4.79 Å². The van der Waals surface area contributed by atoms with Crippen molar-refractivity contribution in [2.24, 2.45) is 0 Å². The van der Waals surface area contributed by atoms with Crippen molar-refractivity contribution in [3.8, 4) is 11.1 Å². The molecule has 29 heavy (non-hydrogen) atoms. The average molecular weight is 393 g/mol. The second-order valence-corrected chi connectivity index (χ2v) is 8.47. The maximum Gasteiger partial charge on any atom is 0.129 e. The Morgan fingerprint density at radius 3 is 1.66 bits per heavy atom. The van der Waals surface area contributed by atoms with E-state index in [-0.39, 0.29) is 0 Å². The van der Waals surface area contributed by atoms with Crippen LogP contribution in [0.5, 0.6) is 0 Å². The molecule has 2 aromatic rings. The van der Waals surface area contributed by atoms with E-state index in [1.54, 1.807) is 6.92 Å². The van der Waals surface area contributed by atoms with Gasteiger partial charge < -0.3 is 4.79 Å². The van der Waals surface area contributed by atoms with Gasteiger partial charge in [-0.1, -0.05) is 119 Å². The van der Waals surface area contributed by atoms with Gasteiger partial charge in [-0.15, -0.1) is 0 Å². The lowest BCUT2D eigenvalue weighted by molar-refractivity contribution is -0.117. The van der Waals surface area contributed by atoms with Gasteiger partial charge in [0, 0.05) is 6.42 Å². The van der Waals surface area contributed by atoms with E-state index < -0.39 is 0 Å². The molecule has 0 saturated carbocycles. The molecule has 0 aromatic heterocycles. The Kier molecular flexibility index (Phi) is 12.1. The third-order valence-electron chi connectivity index (χ3n) is 5.83. The first-order chi connectivity index (χ1) is 14.3. The number of hydrogen-bond acceptors (Lipinski definition) is 1. The van der Waals surface area contributed by atoms with Crippen LogP contribution in [0, 0.1) is 0 Å². The molecule has 0 aliphatic rings. The van der Waals surface area contributed by atoms with Crippen molar-refractivity contribution in [2.45, 2.75) is 96.8 Å². The molecule has 0 atom stereocenters. The fraction of sp³-hybridized carbons (Fsp3) is 0.536. The van der Waals surface area contributed by atoms with Crippen LogP contribution in [0.4, 0.5) is 0 Å². The Balaban J connectivity index is 1.47. The number of carbonyl (C=O) groups excluding carboxylic acids is 1. The first-order valence-corrected chi connectivity index (χ1v) is 11.9. The molecule has 0 spiro atoms. The Bertz CT molecular complexity index is 674. The van der Waals surface area contributed by atoms with Gasteiger partial charge in [-0.2, -0.15) is 0 Å². The quantitative estimate of drug-likeness (QED) is 0.261. The molecule has 1 heteroatoms. The van der Waals surface area contributed by atoms with Crippen LogP contribution >= 0.6 is 0 Å². The van der Waals surface area contributed by atoms with E-state index >= 15 is 0 Å². The van der Waals surface area contributed by atoms with Crippen LogP contribution in [0.15, 0.2) is 54.6 Å². The maximum atomic E-state index is 10.9. The molecule has 0 saturated heterocycles. The van der Waals surface area contributed by atoms with Gasteiger partial charge >= 0.3 is 0 Å². The van der Waals surface area contributed by atoms with Crippen LogP contribution in [0.25, 0.3) is 11.1 Å². The first-order valence-electron chi connectivity index (χ1n) is 11.9. The number of unbranched alkanes of at least 4 members (excludes halogenated alkanes) is 11. The van der Waals surface area contributed by atoms with Crippen molar-refractivity contribution in [1.82, 2.24) is 0 Å². The van der Waals surface area contributed by atoms with E-state index in [2.05, 4.69) is 54.6 Å². The smallest absolute Gasteiger partial charge is 0.129 e. The Morgan fingerprint density at radius 1 is 0.586 bits per heavy atom. The SMILES string of the molecule is CC(=O)CCCCCCCCCCCCCCc1ccccc1-c1ccccc1. The third-order valence-corrected chi connectivity index (χ3v) is 5.83. The molecule has 0 N–H and O–H groups in total. The van der Waals surface area contributed by atoms with E-state index in [0.717, 1.165) is 12.8 Å². The van der Waals surface area contributed by atoms with Gasteiger partial charge in [0.2, 0.25) is 0 Å². The lowest BCUT2D eigenvalue weighted by Gasteiger charge is -2.10. The molecule has 2 rings (SSSR count). The minimum absolute atomic E-state index is 0.338. The van der Waals surface area contributed by atoms with Gasteiger partial charge in [0.15, 0.2) is 0 Å². The summed E-state index contributed by atoms with van der Waals surface area (Å²) in [6.45, 7) is 1.70. The summed E-state index contributed by atoms with van der Waals surface area (Å²) >= 11 is 0. The highest BCUT2D eigenvalue weighted by Crippen LogP contribution is 2.25. The fourth-order valence-corrected chi connectivity index (χ4v) is 4.09. The number of carbonyl (C=O) groups is 1. The number of benzene rings is 2. The van der Waals surface area contributed by atoms with E-state index in [9.17, 15) is 4.79 Å². The molecule has 158 valence electrons. The highest BCUT2D eigenvalue weighted by Gasteiger charge is 2.04. The molecule has 0 unspecified atom stereocenters. The molecule has 1 nitrogen and oxygen atoms in total. The monoisotopic (exact) mass is 392 g/mol. The summed E-state index contributed by atoms with van der Waals surface area (Å²) in [6.07, 6.45) is 17.9. The van der Waals surface area contributed by atoms with Gasteiger partial charge in [0.05, 0.1) is 0 Å². The van der Waals surface area contributed by atoms with Crippen LogP contribution in [-0.2, 0) is 11.2 Å². The second-order valence-electron chi connectivity index (χ2n) is 8.47. The van der Waals surface area contributed by atoms with Crippen molar-refractivity contribution in [1.29, 1.82) is 0 Å². The lowest BCUT2D eigenvalue weighted by atomic mass is 9.95. The van der Waals surface area contributed by atoms with E-state index in [1.807, 2.05) is 0 Å². The number of aryl methyl sites for hydroxylation is 1. The summed E-state index contributed by atoms with van der Waals surface area (Å²) in [5.41, 5.74) is 4.22. The van der Waals surface area contributed by atoms with Gasteiger partial charge in [-0.3, -0.25) is 0 Å². The standard InChI is InChI=1S/C28H40O/c1-25(29)19-13-10-8-6-4-2-3-5-7-9-11-14-20-27-23-17-18-24-28(27)26-21-15-12-16-22-26/h12,15-18,21-24H,2-11,13-14,19-20H2,1H3. The van der Waals surface area contributed by atoms with Crippen molar-refractivity contribution >= 4 is 5.78 Å². The topological polar surface area (TPSA) is 17.1 Å². The molecule has 0 amide bonds. The second kappa shape index (κ2) is 15.0. The van der Waals surface area contributed by atoms with Gasteiger partial charge in [-0.05, 0) is 42.9 Å². The largest absolute Gasteiger partial charge is 0.300 e. The summed E-state index contributed by atoms with van der Waals surface area (Å²) in [5.74, 6) is 0.338. The fourth-order valence-electron chi connectivity index (χ4n) is 4.09. The molecular formula is C28H40O. The maximum absolute atomic E-state index is 10.9. The molecule has 0 aliphatic carbocycles. The van der Waals surface area contributed by atoms with Gasteiger partial charge in [-0.25, -0.2) is 0 Å². The summed E-state index contributed by atoms with van der Waals surface area (Å²) in [5, 5.41) is 0. The Labute approximate surface area is 178 Å².